The molecule has 5 nitrogen and oxygen atoms in total. The Labute approximate surface area is 142 Å². The topological polar surface area (TPSA) is 54.2 Å². The zero-order valence-corrected chi connectivity index (χ0v) is 15.4. The summed E-state index contributed by atoms with van der Waals surface area (Å²) in [5.74, 6) is 0.882. The van der Waals surface area contributed by atoms with E-state index in [2.05, 4.69) is 27.0 Å². The first-order valence-corrected chi connectivity index (χ1v) is 7.98. The summed E-state index contributed by atoms with van der Waals surface area (Å²) in [7, 11) is 3.77. The minimum Gasteiger partial charge on any atom is -0.354 e. The highest BCUT2D eigenvalue weighted by atomic mass is 127. The van der Waals surface area contributed by atoms with Crippen molar-refractivity contribution in [1.29, 1.82) is 0 Å². The summed E-state index contributed by atoms with van der Waals surface area (Å²) in [4.78, 5) is 4.29. The van der Waals surface area contributed by atoms with Crippen LogP contribution in [0.1, 0.15) is 25.0 Å². The van der Waals surface area contributed by atoms with Gasteiger partial charge in [-0.15, -0.1) is 24.0 Å². The average molecular weight is 409 g/mol. The second-order valence-electron chi connectivity index (χ2n) is 4.88. The van der Waals surface area contributed by atoms with Gasteiger partial charge in [0.1, 0.15) is 0 Å². The SMILES string of the molecule is CN=C(NCc1ccnn1C)NC1CCC(SC)C1.I. The van der Waals surface area contributed by atoms with Crippen LogP contribution in [0.25, 0.3) is 0 Å². The third-order valence-corrected chi connectivity index (χ3v) is 4.74. The molecule has 0 aromatic carbocycles. The predicted octanol–water partition coefficient (Wildman–Crippen LogP) is 1.99. The first-order chi connectivity index (χ1) is 9.22. The van der Waals surface area contributed by atoms with Gasteiger partial charge in [0.2, 0.25) is 0 Å². The largest absolute Gasteiger partial charge is 0.354 e. The summed E-state index contributed by atoms with van der Waals surface area (Å²) in [6, 6.07) is 2.56. The quantitative estimate of drug-likeness (QED) is 0.454. The summed E-state index contributed by atoms with van der Waals surface area (Å²) >= 11 is 1.97. The molecule has 20 heavy (non-hydrogen) atoms. The van der Waals surface area contributed by atoms with Crippen LogP contribution >= 0.6 is 35.7 Å². The number of halogens is 1. The first-order valence-electron chi connectivity index (χ1n) is 6.69. The molecular weight excluding hydrogens is 385 g/mol. The van der Waals surface area contributed by atoms with E-state index in [1.165, 1.54) is 19.3 Å². The molecule has 1 aliphatic rings. The highest BCUT2D eigenvalue weighted by Crippen LogP contribution is 2.27. The Morgan fingerprint density at radius 3 is 2.90 bits per heavy atom. The molecule has 1 aromatic heterocycles. The number of thioether (sulfide) groups is 1. The lowest BCUT2D eigenvalue weighted by atomic mass is 10.2. The molecule has 0 bridgehead atoms. The van der Waals surface area contributed by atoms with Gasteiger partial charge in [0.25, 0.3) is 0 Å². The average Bonchev–Trinajstić information content (AvgIpc) is 3.03. The lowest BCUT2D eigenvalue weighted by Crippen LogP contribution is -2.42. The van der Waals surface area contributed by atoms with Crippen molar-refractivity contribution in [3.05, 3.63) is 18.0 Å². The molecule has 1 saturated carbocycles. The van der Waals surface area contributed by atoms with E-state index in [9.17, 15) is 0 Å². The van der Waals surface area contributed by atoms with E-state index < -0.39 is 0 Å². The van der Waals surface area contributed by atoms with Gasteiger partial charge in [-0.1, -0.05) is 0 Å². The fraction of sp³-hybridized carbons (Fsp3) is 0.692. The van der Waals surface area contributed by atoms with Crippen LogP contribution in [0.15, 0.2) is 17.3 Å². The van der Waals surface area contributed by atoms with Gasteiger partial charge in [-0.25, -0.2) is 0 Å². The Bertz CT molecular complexity index is 434. The van der Waals surface area contributed by atoms with Gasteiger partial charge in [0.15, 0.2) is 5.96 Å². The molecule has 0 saturated heterocycles. The molecular formula is C13H24IN5S. The van der Waals surface area contributed by atoms with Gasteiger partial charge in [-0.3, -0.25) is 9.67 Å². The maximum absolute atomic E-state index is 4.29. The Kier molecular flexibility index (Phi) is 7.71. The van der Waals surface area contributed by atoms with Crippen LogP contribution in [-0.4, -0.2) is 40.3 Å². The van der Waals surface area contributed by atoms with Crippen LogP contribution < -0.4 is 10.6 Å². The van der Waals surface area contributed by atoms with Crippen LogP contribution in [0.2, 0.25) is 0 Å². The van der Waals surface area contributed by atoms with Crippen molar-refractivity contribution in [2.24, 2.45) is 12.0 Å². The molecule has 7 heteroatoms. The Morgan fingerprint density at radius 1 is 1.55 bits per heavy atom. The standard InChI is InChI=1S/C13H23N5S.HI/c1-14-13(15-9-11-6-7-16-18(11)2)17-10-4-5-12(8-10)19-3;/h6-7,10,12H,4-5,8-9H2,1-3H3,(H2,14,15,17);1H. The highest BCUT2D eigenvalue weighted by molar-refractivity contribution is 14.0. The first kappa shape index (κ1) is 17.6. The number of rotatable bonds is 4. The van der Waals surface area contributed by atoms with Gasteiger partial charge in [-0.05, 0) is 31.6 Å². The number of aryl methyl sites for hydroxylation is 1. The van der Waals surface area contributed by atoms with Gasteiger partial charge >= 0.3 is 0 Å². The Balaban J connectivity index is 0.00000200. The van der Waals surface area contributed by atoms with Crippen LogP contribution in [0.5, 0.6) is 0 Å². The third-order valence-electron chi connectivity index (χ3n) is 3.64. The van der Waals surface area contributed by atoms with E-state index in [0.29, 0.717) is 6.04 Å². The molecule has 114 valence electrons. The van der Waals surface area contributed by atoms with Crippen LogP contribution in [0.4, 0.5) is 0 Å². The van der Waals surface area contributed by atoms with Crippen molar-refractivity contribution >= 4 is 41.7 Å². The molecule has 0 radical (unpaired) electrons. The molecule has 0 spiro atoms. The third kappa shape index (κ3) is 4.83. The zero-order valence-electron chi connectivity index (χ0n) is 12.3. The van der Waals surface area contributed by atoms with Crippen LogP contribution in [0.3, 0.4) is 0 Å². The number of nitrogens with zero attached hydrogens (tertiary/aromatic N) is 3. The number of hydrogen-bond donors (Lipinski definition) is 2. The van der Waals surface area contributed by atoms with Crippen LogP contribution in [-0.2, 0) is 13.6 Å². The maximum atomic E-state index is 4.29. The van der Waals surface area contributed by atoms with Crippen molar-refractivity contribution in [2.45, 2.75) is 37.1 Å². The van der Waals surface area contributed by atoms with Crippen molar-refractivity contribution in [3.63, 3.8) is 0 Å². The lowest BCUT2D eigenvalue weighted by molar-refractivity contribution is 0.609. The second kappa shape index (κ2) is 8.76. The summed E-state index contributed by atoms with van der Waals surface area (Å²) in [5.41, 5.74) is 1.15. The molecule has 2 N–H and O–H groups in total. The highest BCUT2D eigenvalue weighted by Gasteiger charge is 2.24. The van der Waals surface area contributed by atoms with E-state index in [0.717, 1.165) is 23.4 Å². The molecule has 1 heterocycles. The number of aromatic nitrogens is 2. The monoisotopic (exact) mass is 409 g/mol. The van der Waals surface area contributed by atoms with Crippen molar-refractivity contribution in [1.82, 2.24) is 20.4 Å². The van der Waals surface area contributed by atoms with E-state index in [-0.39, 0.29) is 24.0 Å². The molecule has 0 aliphatic heterocycles. The fourth-order valence-corrected chi connectivity index (χ4v) is 3.22. The normalized spacial score (nSPS) is 22.4. The molecule has 1 aromatic rings. The van der Waals surface area contributed by atoms with E-state index in [1.807, 2.05) is 42.8 Å². The summed E-state index contributed by atoms with van der Waals surface area (Å²) < 4.78 is 1.87. The summed E-state index contributed by atoms with van der Waals surface area (Å²) in [6.07, 6.45) is 7.78. The molecule has 2 atom stereocenters. The fourth-order valence-electron chi connectivity index (χ4n) is 2.42. The Morgan fingerprint density at radius 2 is 2.35 bits per heavy atom. The maximum Gasteiger partial charge on any atom is 0.191 e. The van der Waals surface area contributed by atoms with Gasteiger partial charge < -0.3 is 10.6 Å². The molecule has 2 rings (SSSR count). The molecule has 2 unspecified atom stereocenters. The number of hydrogen-bond acceptors (Lipinski definition) is 3. The minimum atomic E-state index is 0. The number of guanidine groups is 1. The molecule has 1 fully saturated rings. The van der Waals surface area contributed by atoms with Gasteiger partial charge in [-0.2, -0.15) is 16.9 Å². The van der Waals surface area contributed by atoms with Gasteiger partial charge in [0.05, 0.1) is 12.2 Å². The van der Waals surface area contributed by atoms with Gasteiger partial charge in [0, 0.05) is 31.6 Å². The Hall–Kier alpha value is -0.440. The molecule has 0 amide bonds. The van der Waals surface area contributed by atoms with Crippen molar-refractivity contribution in [3.8, 4) is 0 Å². The van der Waals surface area contributed by atoms with E-state index in [1.54, 1.807) is 0 Å². The summed E-state index contributed by atoms with van der Waals surface area (Å²) in [5, 5.41) is 11.8. The predicted molar refractivity (Wildman–Crippen MR) is 96.9 cm³/mol. The molecule has 1 aliphatic carbocycles. The zero-order chi connectivity index (χ0) is 13.7. The van der Waals surface area contributed by atoms with E-state index >= 15 is 0 Å². The second-order valence-corrected chi connectivity index (χ2v) is 6.02. The number of nitrogens with one attached hydrogen (secondary N) is 2. The number of aliphatic imine (C=N–C) groups is 1. The van der Waals surface area contributed by atoms with E-state index in [4.69, 9.17) is 0 Å². The lowest BCUT2D eigenvalue weighted by Gasteiger charge is -2.17. The summed E-state index contributed by atoms with van der Waals surface area (Å²) in [6.45, 7) is 0.745. The van der Waals surface area contributed by atoms with Crippen molar-refractivity contribution < 1.29 is 0 Å². The smallest absolute Gasteiger partial charge is 0.191 e. The van der Waals surface area contributed by atoms with Crippen molar-refractivity contribution in [2.75, 3.05) is 13.3 Å². The van der Waals surface area contributed by atoms with Crippen LogP contribution in [0, 0.1) is 0 Å². The minimum absolute atomic E-state index is 0.